The Morgan fingerprint density at radius 3 is 2.55 bits per heavy atom. The van der Waals surface area contributed by atoms with Gasteiger partial charge in [0, 0.05) is 11.3 Å². The first-order valence-electron chi connectivity index (χ1n) is 13.5. The quantitative estimate of drug-likeness (QED) is 0.0703. The van der Waals surface area contributed by atoms with Gasteiger partial charge >= 0.3 is 6.36 Å². The van der Waals surface area contributed by atoms with Gasteiger partial charge in [-0.05, 0) is 104 Å². The minimum atomic E-state index is -4.74. The van der Waals surface area contributed by atoms with Crippen molar-refractivity contribution in [1.29, 1.82) is 0 Å². The first-order chi connectivity index (χ1) is 20.1. The maximum atomic E-state index is 13.6. The smallest absolute Gasteiger partial charge is 0.406 e. The number of nitrogens with one attached hydrogen (secondary N) is 3. The number of anilines is 1. The highest BCUT2D eigenvalue weighted by atomic mass is 32.1. The molecule has 12 heteroatoms. The van der Waals surface area contributed by atoms with Gasteiger partial charge in [-0.15, -0.1) is 18.3 Å². The molecule has 0 fully saturated rings. The fraction of sp³-hybridized carbons (Fsp3) is 0.300. The molecule has 7 nitrogen and oxygen atoms in total. The summed E-state index contributed by atoms with van der Waals surface area (Å²) in [6.07, 6.45) is -0.404. The number of ether oxygens (including phenoxy) is 1. The summed E-state index contributed by atoms with van der Waals surface area (Å²) in [5.74, 6) is 0.114. The van der Waals surface area contributed by atoms with Gasteiger partial charge in [0.2, 0.25) is 0 Å². The molecule has 3 N–H and O–H groups in total. The Hall–Kier alpha value is -4.03. The van der Waals surface area contributed by atoms with Crippen molar-refractivity contribution in [2.24, 2.45) is 0 Å². The lowest BCUT2D eigenvalue weighted by Crippen LogP contribution is -2.37. The van der Waals surface area contributed by atoms with Crippen molar-refractivity contribution in [3.63, 3.8) is 0 Å². The molecule has 0 aliphatic heterocycles. The van der Waals surface area contributed by atoms with Crippen molar-refractivity contribution < 1.29 is 22.3 Å². The molecule has 222 valence electrons. The Balaban J connectivity index is 1.19. The van der Waals surface area contributed by atoms with Crippen molar-refractivity contribution in [3.8, 4) is 22.8 Å². The first-order valence-corrected chi connectivity index (χ1v) is 13.9. The second-order valence-electron chi connectivity index (χ2n) is 9.91. The zero-order valence-corrected chi connectivity index (χ0v) is 24.0. The molecule has 4 rings (SSSR count). The van der Waals surface area contributed by atoms with E-state index in [4.69, 9.17) is 12.2 Å². The average Bonchev–Trinajstić information content (AvgIpc) is 3.44. The summed E-state index contributed by atoms with van der Waals surface area (Å²) in [6.45, 7) is 5.32. The normalized spacial score (nSPS) is 11.5. The summed E-state index contributed by atoms with van der Waals surface area (Å²) in [4.78, 5) is 4.36. The van der Waals surface area contributed by atoms with E-state index in [9.17, 15) is 17.6 Å². The third-order valence-corrected chi connectivity index (χ3v) is 6.59. The van der Waals surface area contributed by atoms with Crippen LogP contribution in [-0.2, 0) is 6.42 Å². The van der Waals surface area contributed by atoms with Crippen LogP contribution in [0.5, 0.6) is 5.75 Å². The summed E-state index contributed by atoms with van der Waals surface area (Å²) in [7, 11) is 0. The van der Waals surface area contributed by atoms with Crippen LogP contribution in [0.15, 0.2) is 73.1 Å². The van der Waals surface area contributed by atoms with E-state index >= 15 is 0 Å². The van der Waals surface area contributed by atoms with Gasteiger partial charge in [-0.3, -0.25) is 0 Å². The Morgan fingerprint density at radius 1 is 1.02 bits per heavy atom. The van der Waals surface area contributed by atoms with Crippen molar-refractivity contribution in [1.82, 2.24) is 25.4 Å². The van der Waals surface area contributed by atoms with Crippen molar-refractivity contribution in [2.75, 3.05) is 18.5 Å². The maximum Gasteiger partial charge on any atom is 0.573 e. The van der Waals surface area contributed by atoms with E-state index in [-0.39, 0.29) is 17.5 Å². The second kappa shape index (κ2) is 14.2. The molecular weight excluding hydrogens is 568 g/mol. The topological polar surface area (TPSA) is 76.0 Å². The third kappa shape index (κ3) is 9.25. The van der Waals surface area contributed by atoms with E-state index in [0.29, 0.717) is 23.3 Å². The van der Waals surface area contributed by atoms with Gasteiger partial charge in [0.25, 0.3) is 0 Å². The number of rotatable bonds is 12. The van der Waals surface area contributed by atoms with Crippen LogP contribution >= 0.6 is 12.2 Å². The van der Waals surface area contributed by atoms with Crippen molar-refractivity contribution in [2.45, 2.75) is 45.4 Å². The minimum Gasteiger partial charge on any atom is -0.406 e. The SMILES string of the molecule is CC(C)c1cc(F)ccc1NC(=S)NCNCCCCc1cccc(-c2ncn(-c3ccc(OC(F)(F)F)cc3)n2)c1. The van der Waals surface area contributed by atoms with E-state index in [1.165, 1.54) is 47.4 Å². The molecular formula is C30H32F4N6OS. The summed E-state index contributed by atoms with van der Waals surface area (Å²) in [5.41, 5.74) is 4.23. The summed E-state index contributed by atoms with van der Waals surface area (Å²) in [6, 6.07) is 18.0. The Labute approximate surface area is 247 Å². The second-order valence-corrected chi connectivity index (χ2v) is 10.3. The number of alkyl halides is 3. The van der Waals surface area contributed by atoms with Crippen LogP contribution in [0.3, 0.4) is 0 Å². The largest absolute Gasteiger partial charge is 0.573 e. The molecule has 0 aliphatic rings. The van der Waals surface area contributed by atoms with Crippen LogP contribution in [0.25, 0.3) is 17.1 Å². The highest BCUT2D eigenvalue weighted by Crippen LogP contribution is 2.26. The fourth-order valence-electron chi connectivity index (χ4n) is 4.29. The van der Waals surface area contributed by atoms with Crippen LogP contribution in [0.4, 0.5) is 23.2 Å². The van der Waals surface area contributed by atoms with E-state index in [1.54, 1.807) is 6.07 Å². The van der Waals surface area contributed by atoms with E-state index < -0.39 is 6.36 Å². The predicted molar refractivity (Wildman–Crippen MR) is 159 cm³/mol. The Kier molecular flexibility index (Phi) is 10.5. The maximum absolute atomic E-state index is 13.6. The molecule has 4 aromatic rings. The van der Waals surface area contributed by atoms with Crippen molar-refractivity contribution in [3.05, 3.63) is 90.0 Å². The fourth-order valence-corrected chi connectivity index (χ4v) is 4.47. The monoisotopic (exact) mass is 600 g/mol. The summed E-state index contributed by atoms with van der Waals surface area (Å²) < 4.78 is 56.2. The molecule has 0 aliphatic carbocycles. The lowest BCUT2D eigenvalue weighted by Gasteiger charge is -2.16. The Bertz CT molecular complexity index is 1470. The number of hydrogen-bond acceptors (Lipinski definition) is 5. The molecule has 0 amide bonds. The molecule has 1 aromatic heterocycles. The van der Waals surface area contributed by atoms with Gasteiger partial charge in [0.15, 0.2) is 10.9 Å². The van der Waals surface area contributed by atoms with Gasteiger partial charge in [-0.25, -0.2) is 14.1 Å². The molecule has 0 bridgehead atoms. The van der Waals surface area contributed by atoms with E-state index in [1.807, 2.05) is 32.0 Å². The number of hydrogen-bond donors (Lipinski definition) is 3. The van der Waals surface area contributed by atoms with E-state index in [2.05, 4.69) is 36.8 Å². The zero-order valence-electron chi connectivity index (χ0n) is 23.2. The first kappa shape index (κ1) is 30.9. The van der Waals surface area contributed by atoms with Gasteiger partial charge in [-0.2, -0.15) is 0 Å². The summed E-state index contributed by atoms with van der Waals surface area (Å²) in [5, 5.41) is 14.5. The van der Waals surface area contributed by atoms with Gasteiger partial charge < -0.3 is 20.7 Å². The number of aryl methyl sites for hydroxylation is 1. The minimum absolute atomic E-state index is 0.162. The summed E-state index contributed by atoms with van der Waals surface area (Å²) >= 11 is 5.37. The molecule has 0 unspecified atom stereocenters. The number of benzene rings is 3. The number of aromatic nitrogens is 3. The average molecular weight is 601 g/mol. The molecule has 0 atom stereocenters. The zero-order chi connectivity index (χ0) is 30.1. The van der Waals surface area contributed by atoms with Crippen LogP contribution < -0.4 is 20.7 Å². The number of unbranched alkanes of at least 4 members (excludes halogenated alkanes) is 1. The third-order valence-electron chi connectivity index (χ3n) is 6.34. The molecule has 3 aromatic carbocycles. The van der Waals surface area contributed by atoms with Gasteiger partial charge in [-0.1, -0.05) is 32.0 Å². The highest BCUT2D eigenvalue weighted by molar-refractivity contribution is 7.80. The highest BCUT2D eigenvalue weighted by Gasteiger charge is 2.31. The van der Waals surface area contributed by atoms with Crippen LogP contribution in [0.1, 0.15) is 43.7 Å². The lowest BCUT2D eigenvalue weighted by atomic mass is 10.0. The molecule has 1 heterocycles. The molecule has 0 saturated carbocycles. The van der Waals surface area contributed by atoms with E-state index in [0.717, 1.165) is 48.2 Å². The molecule has 0 saturated heterocycles. The Morgan fingerprint density at radius 2 is 1.81 bits per heavy atom. The number of halogens is 4. The molecule has 0 radical (unpaired) electrons. The number of thiocarbonyl (C=S) groups is 1. The van der Waals surface area contributed by atoms with Crippen LogP contribution in [0, 0.1) is 5.82 Å². The standard InChI is InChI=1S/C30H32F4N6OS/c1-20(2)26-17-23(31)9-14-27(26)38-29(42)36-18-35-15-4-3-6-21-7-5-8-22(16-21)28-37-19-40(39-28)24-10-12-25(13-11-24)41-30(32,33)34/h5,7-14,16-17,19-20,35H,3-4,6,15,18H2,1-2H3,(H2,36,38,42). The van der Waals surface area contributed by atoms with Crippen molar-refractivity contribution >= 4 is 23.0 Å². The lowest BCUT2D eigenvalue weighted by molar-refractivity contribution is -0.274. The van der Waals surface area contributed by atoms with Gasteiger partial charge in [0.1, 0.15) is 17.9 Å². The predicted octanol–water partition coefficient (Wildman–Crippen LogP) is 6.95. The molecule has 0 spiro atoms. The van der Waals surface area contributed by atoms with Crippen LogP contribution in [-0.4, -0.2) is 39.5 Å². The van der Waals surface area contributed by atoms with Gasteiger partial charge in [0.05, 0.1) is 12.4 Å². The molecule has 42 heavy (non-hydrogen) atoms. The van der Waals surface area contributed by atoms with Crippen LogP contribution in [0.2, 0.25) is 0 Å². The number of nitrogens with zero attached hydrogens (tertiary/aromatic N) is 3.